The molecule has 0 bridgehead atoms. The number of thioether (sulfide) groups is 1. The SMILES string of the molecule is O=C1N[C@H]2[C@H](CS[C@H]2CCCCC(=O)N(CCOCCO)CCOCCO)N1. The molecule has 162 valence electrons. The van der Waals surface area contributed by atoms with Gasteiger partial charge in [-0.15, -0.1) is 0 Å². The van der Waals surface area contributed by atoms with Gasteiger partial charge in [0, 0.05) is 30.5 Å². The molecule has 2 fully saturated rings. The van der Waals surface area contributed by atoms with E-state index in [1.165, 1.54) is 0 Å². The molecule has 0 aromatic rings. The van der Waals surface area contributed by atoms with E-state index in [2.05, 4.69) is 10.6 Å². The zero-order valence-electron chi connectivity index (χ0n) is 16.3. The lowest BCUT2D eigenvalue weighted by Crippen LogP contribution is -2.37. The summed E-state index contributed by atoms with van der Waals surface area (Å²) in [4.78, 5) is 25.7. The lowest BCUT2D eigenvalue weighted by Gasteiger charge is -2.23. The molecule has 9 nitrogen and oxygen atoms in total. The molecule has 0 aromatic heterocycles. The van der Waals surface area contributed by atoms with Crippen molar-refractivity contribution in [1.29, 1.82) is 0 Å². The first-order valence-electron chi connectivity index (χ1n) is 9.99. The van der Waals surface area contributed by atoms with Crippen LogP contribution in [0, 0.1) is 0 Å². The minimum atomic E-state index is -0.0713. The van der Waals surface area contributed by atoms with Gasteiger partial charge in [0.25, 0.3) is 0 Å². The average molecular weight is 420 g/mol. The zero-order chi connectivity index (χ0) is 20.2. The Kier molecular flexibility index (Phi) is 10.9. The van der Waals surface area contributed by atoms with Crippen molar-refractivity contribution in [1.82, 2.24) is 15.5 Å². The van der Waals surface area contributed by atoms with Gasteiger partial charge in [-0.05, 0) is 12.8 Å². The van der Waals surface area contributed by atoms with Gasteiger partial charge in [-0.25, -0.2) is 4.79 Å². The molecular weight excluding hydrogens is 386 g/mol. The van der Waals surface area contributed by atoms with Crippen molar-refractivity contribution in [2.75, 3.05) is 58.5 Å². The Morgan fingerprint density at radius 3 is 2.39 bits per heavy atom. The van der Waals surface area contributed by atoms with Crippen LogP contribution < -0.4 is 10.6 Å². The van der Waals surface area contributed by atoms with Gasteiger partial charge in [0.15, 0.2) is 0 Å². The number of aliphatic hydroxyl groups is 2. The highest BCUT2D eigenvalue weighted by atomic mass is 32.2. The zero-order valence-corrected chi connectivity index (χ0v) is 17.1. The van der Waals surface area contributed by atoms with Crippen molar-refractivity contribution >= 4 is 23.7 Å². The number of ether oxygens (including phenoxy) is 2. The van der Waals surface area contributed by atoms with Gasteiger partial charge in [-0.1, -0.05) is 6.42 Å². The molecule has 2 aliphatic rings. The number of rotatable bonds is 15. The van der Waals surface area contributed by atoms with Crippen LogP contribution in [0.5, 0.6) is 0 Å². The molecule has 2 rings (SSSR count). The van der Waals surface area contributed by atoms with E-state index in [0.717, 1.165) is 25.0 Å². The molecule has 3 atom stereocenters. The fourth-order valence-electron chi connectivity index (χ4n) is 3.47. The Bertz CT molecular complexity index is 472. The van der Waals surface area contributed by atoms with Crippen LogP contribution >= 0.6 is 11.8 Å². The highest BCUT2D eigenvalue weighted by Crippen LogP contribution is 2.33. The van der Waals surface area contributed by atoms with Gasteiger partial charge in [-0.3, -0.25) is 4.79 Å². The van der Waals surface area contributed by atoms with Gasteiger partial charge in [-0.2, -0.15) is 11.8 Å². The number of hydrogen-bond acceptors (Lipinski definition) is 7. The number of hydrogen-bond donors (Lipinski definition) is 4. The van der Waals surface area contributed by atoms with Gasteiger partial charge in [0.05, 0.1) is 51.7 Å². The Hall–Kier alpha value is -1.07. The molecule has 2 aliphatic heterocycles. The van der Waals surface area contributed by atoms with Crippen LogP contribution in [0.3, 0.4) is 0 Å². The van der Waals surface area contributed by atoms with Crippen molar-refractivity contribution in [3.8, 4) is 0 Å². The third-order valence-electron chi connectivity index (χ3n) is 4.90. The van der Waals surface area contributed by atoms with Crippen molar-refractivity contribution in [3.63, 3.8) is 0 Å². The average Bonchev–Trinajstić information content (AvgIpc) is 3.23. The summed E-state index contributed by atoms with van der Waals surface area (Å²) >= 11 is 1.89. The normalized spacial score (nSPS) is 23.4. The van der Waals surface area contributed by atoms with Crippen LogP contribution in [0.1, 0.15) is 25.7 Å². The number of carbonyl (C=O) groups is 2. The maximum Gasteiger partial charge on any atom is 0.315 e. The third kappa shape index (κ3) is 7.75. The standard InChI is InChI=1S/C18H33N3O6S/c22-7-11-26-9-5-21(6-10-27-12-8-23)16(24)4-2-1-3-15-17-14(13-28-15)19-18(25)20-17/h14-15,17,22-23H,1-13H2,(H2,19,20,25)/t14-,15-,17-/m0/s1. The maximum absolute atomic E-state index is 12.5. The summed E-state index contributed by atoms with van der Waals surface area (Å²) in [7, 11) is 0. The number of aliphatic hydroxyl groups excluding tert-OH is 2. The second-order valence-corrected chi connectivity index (χ2v) is 8.19. The molecule has 0 unspecified atom stereocenters. The van der Waals surface area contributed by atoms with E-state index < -0.39 is 0 Å². The van der Waals surface area contributed by atoms with Crippen molar-refractivity contribution in [3.05, 3.63) is 0 Å². The first-order chi connectivity index (χ1) is 13.7. The Labute approximate surface area is 170 Å². The number of carbonyl (C=O) groups excluding carboxylic acids is 2. The van der Waals surface area contributed by atoms with Crippen molar-refractivity contribution in [2.24, 2.45) is 0 Å². The topological polar surface area (TPSA) is 120 Å². The predicted molar refractivity (Wildman–Crippen MR) is 106 cm³/mol. The molecule has 2 heterocycles. The smallest absolute Gasteiger partial charge is 0.315 e. The van der Waals surface area contributed by atoms with Crippen molar-refractivity contribution in [2.45, 2.75) is 43.0 Å². The second-order valence-electron chi connectivity index (χ2n) is 6.92. The summed E-state index contributed by atoms with van der Waals surface area (Å²) in [6, 6.07) is 0.368. The lowest BCUT2D eigenvalue weighted by atomic mass is 10.0. The van der Waals surface area contributed by atoms with Crippen LogP contribution in [0.25, 0.3) is 0 Å². The highest BCUT2D eigenvalue weighted by Gasteiger charge is 2.42. The molecule has 0 spiro atoms. The van der Waals surface area contributed by atoms with Crippen LogP contribution in [0.4, 0.5) is 4.79 Å². The predicted octanol–water partition coefficient (Wildman–Crippen LogP) is -0.441. The minimum Gasteiger partial charge on any atom is -0.394 e. The number of nitrogens with zero attached hydrogens (tertiary/aromatic N) is 1. The second kappa shape index (κ2) is 13.2. The largest absolute Gasteiger partial charge is 0.394 e. The van der Waals surface area contributed by atoms with Gasteiger partial charge < -0.3 is 35.2 Å². The van der Waals surface area contributed by atoms with E-state index in [9.17, 15) is 9.59 Å². The van der Waals surface area contributed by atoms with Gasteiger partial charge in [0.1, 0.15) is 0 Å². The Morgan fingerprint density at radius 1 is 1.07 bits per heavy atom. The number of urea groups is 1. The first-order valence-corrected chi connectivity index (χ1v) is 11.0. The lowest BCUT2D eigenvalue weighted by molar-refractivity contribution is -0.133. The number of amides is 3. The summed E-state index contributed by atoms with van der Waals surface area (Å²) in [5.74, 6) is 1.01. The number of unbranched alkanes of at least 4 members (excludes halogenated alkanes) is 1. The third-order valence-corrected chi connectivity index (χ3v) is 6.41. The van der Waals surface area contributed by atoms with E-state index in [-0.39, 0.29) is 50.4 Å². The molecule has 0 saturated carbocycles. The molecule has 3 amide bonds. The maximum atomic E-state index is 12.5. The highest BCUT2D eigenvalue weighted by molar-refractivity contribution is 8.00. The summed E-state index contributed by atoms with van der Waals surface area (Å²) in [5, 5.41) is 23.9. The van der Waals surface area contributed by atoms with Crippen LogP contribution in [0.2, 0.25) is 0 Å². The summed E-state index contributed by atoms with van der Waals surface area (Å²) < 4.78 is 10.5. The number of fused-ring (bicyclic) bond motifs is 1. The molecule has 0 aliphatic carbocycles. The van der Waals surface area contributed by atoms with Gasteiger partial charge >= 0.3 is 6.03 Å². The van der Waals surface area contributed by atoms with E-state index in [4.69, 9.17) is 19.7 Å². The summed E-state index contributed by atoms with van der Waals surface area (Å²) in [6.45, 7) is 2.12. The van der Waals surface area contributed by atoms with Crippen LogP contribution in [-0.4, -0.2) is 103 Å². The monoisotopic (exact) mass is 419 g/mol. The Morgan fingerprint density at radius 2 is 1.75 bits per heavy atom. The van der Waals surface area contributed by atoms with Crippen LogP contribution in [0.15, 0.2) is 0 Å². The first kappa shape index (κ1) is 23.2. The quantitative estimate of drug-likeness (QED) is 0.210. The van der Waals surface area contributed by atoms with E-state index >= 15 is 0 Å². The molecule has 2 saturated heterocycles. The van der Waals surface area contributed by atoms with E-state index in [1.807, 2.05) is 11.8 Å². The summed E-state index contributed by atoms with van der Waals surface area (Å²) in [5.41, 5.74) is 0. The number of nitrogens with one attached hydrogen (secondary N) is 2. The Balaban J connectivity index is 1.65. The van der Waals surface area contributed by atoms with Gasteiger partial charge in [0.2, 0.25) is 5.91 Å². The van der Waals surface area contributed by atoms with E-state index in [1.54, 1.807) is 4.90 Å². The minimum absolute atomic E-state index is 0.0371. The molecule has 10 heteroatoms. The summed E-state index contributed by atoms with van der Waals surface area (Å²) in [6.07, 6.45) is 3.20. The van der Waals surface area contributed by atoms with E-state index in [0.29, 0.717) is 38.0 Å². The molecule has 0 aromatic carbocycles. The molecular formula is C18H33N3O6S. The fourth-order valence-corrected chi connectivity index (χ4v) is 5.01. The van der Waals surface area contributed by atoms with Crippen LogP contribution in [-0.2, 0) is 14.3 Å². The molecule has 4 N–H and O–H groups in total. The fraction of sp³-hybridized carbons (Fsp3) is 0.889. The van der Waals surface area contributed by atoms with Crippen molar-refractivity contribution < 1.29 is 29.3 Å². The molecule has 0 radical (unpaired) electrons. The molecule has 28 heavy (non-hydrogen) atoms.